The molecule has 1 aliphatic rings. The number of carbonyl (C=O) groups is 1. The van der Waals surface area contributed by atoms with Crippen molar-refractivity contribution in [2.75, 3.05) is 27.2 Å². The Hall–Kier alpha value is -2.08. The van der Waals surface area contributed by atoms with E-state index < -0.39 is 0 Å². The van der Waals surface area contributed by atoms with E-state index in [9.17, 15) is 4.79 Å². The van der Waals surface area contributed by atoms with E-state index in [4.69, 9.17) is 4.42 Å². The van der Waals surface area contributed by atoms with Crippen molar-refractivity contribution in [1.29, 1.82) is 0 Å². The molecule has 3 rings (SSSR count). The first-order chi connectivity index (χ1) is 10.5. The van der Waals surface area contributed by atoms with Gasteiger partial charge in [0.2, 0.25) is 0 Å². The van der Waals surface area contributed by atoms with E-state index in [1.807, 2.05) is 24.1 Å². The number of imidazole rings is 1. The third-order valence-corrected chi connectivity index (χ3v) is 4.03. The van der Waals surface area contributed by atoms with Crippen LogP contribution in [-0.2, 0) is 13.1 Å². The van der Waals surface area contributed by atoms with Crippen molar-refractivity contribution in [3.8, 4) is 0 Å². The summed E-state index contributed by atoms with van der Waals surface area (Å²) >= 11 is 0. The molecule has 0 bridgehead atoms. The molecule has 1 unspecified atom stereocenters. The molecule has 0 aromatic carbocycles. The molecule has 0 spiro atoms. The largest absolute Gasteiger partial charge is 0.459 e. The predicted octanol–water partition coefficient (Wildman–Crippen LogP) is 1.62. The van der Waals surface area contributed by atoms with Crippen LogP contribution in [0.5, 0.6) is 0 Å². The lowest BCUT2D eigenvalue weighted by Gasteiger charge is -2.25. The van der Waals surface area contributed by atoms with Crippen LogP contribution in [0.3, 0.4) is 0 Å². The van der Waals surface area contributed by atoms with Crippen molar-refractivity contribution in [2.45, 2.75) is 20.0 Å². The third-order valence-electron chi connectivity index (χ3n) is 4.03. The topological polar surface area (TPSA) is 54.5 Å². The zero-order chi connectivity index (χ0) is 15.7. The molecule has 0 radical (unpaired) electrons. The smallest absolute Gasteiger partial charge is 0.290 e. The Morgan fingerprint density at radius 2 is 2.27 bits per heavy atom. The number of nitrogens with zero attached hydrogens (tertiary/aromatic N) is 4. The van der Waals surface area contributed by atoms with Crippen LogP contribution in [0.4, 0.5) is 0 Å². The van der Waals surface area contributed by atoms with E-state index in [-0.39, 0.29) is 5.91 Å². The van der Waals surface area contributed by atoms with Gasteiger partial charge in [-0.05, 0) is 27.1 Å². The van der Waals surface area contributed by atoms with Crippen molar-refractivity contribution in [3.05, 3.63) is 41.9 Å². The number of aromatic nitrogens is 2. The monoisotopic (exact) mass is 302 g/mol. The predicted molar refractivity (Wildman–Crippen MR) is 82.5 cm³/mol. The Morgan fingerprint density at radius 3 is 2.95 bits per heavy atom. The number of amides is 1. The molecule has 0 saturated carbocycles. The first-order valence-corrected chi connectivity index (χ1v) is 7.52. The molecule has 6 heteroatoms. The van der Waals surface area contributed by atoms with Crippen molar-refractivity contribution in [2.24, 2.45) is 5.92 Å². The Bertz CT molecular complexity index is 659. The molecule has 1 atom stereocenters. The van der Waals surface area contributed by atoms with E-state index in [0.717, 1.165) is 24.5 Å². The van der Waals surface area contributed by atoms with Crippen molar-refractivity contribution in [3.63, 3.8) is 0 Å². The summed E-state index contributed by atoms with van der Waals surface area (Å²) in [5, 5.41) is 0. The van der Waals surface area contributed by atoms with Gasteiger partial charge in [0.25, 0.3) is 5.91 Å². The molecule has 0 aliphatic carbocycles. The zero-order valence-electron chi connectivity index (χ0n) is 13.3. The fourth-order valence-corrected chi connectivity index (χ4v) is 3.06. The molecule has 0 N–H and O–H groups in total. The average Bonchev–Trinajstić information content (AvgIpc) is 3.02. The normalized spacial score (nSPS) is 18.4. The summed E-state index contributed by atoms with van der Waals surface area (Å²) in [7, 11) is 4.12. The molecule has 1 aliphatic heterocycles. The Balaban J connectivity index is 1.87. The zero-order valence-corrected chi connectivity index (χ0v) is 13.3. The van der Waals surface area contributed by atoms with Crippen molar-refractivity contribution >= 4 is 5.91 Å². The summed E-state index contributed by atoms with van der Waals surface area (Å²) in [5.74, 6) is 1.68. The van der Waals surface area contributed by atoms with Crippen LogP contribution in [0, 0.1) is 12.8 Å². The Kier molecular flexibility index (Phi) is 4.02. The summed E-state index contributed by atoms with van der Waals surface area (Å²) in [4.78, 5) is 21.2. The SMILES string of the molecule is Cc1ccoc1C(=O)N1Cc2nccn2CC(CN(C)C)C1. The lowest BCUT2D eigenvalue weighted by Crippen LogP contribution is -2.37. The van der Waals surface area contributed by atoms with Gasteiger partial charge in [0.05, 0.1) is 12.8 Å². The van der Waals surface area contributed by atoms with Gasteiger partial charge in [-0.25, -0.2) is 4.98 Å². The second-order valence-electron chi connectivity index (χ2n) is 6.24. The van der Waals surface area contributed by atoms with Gasteiger partial charge in [-0.3, -0.25) is 4.79 Å². The minimum atomic E-state index is -0.0530. The van der Waals surface area contributed by atoms with Crippen LogP contribution in [-0.4, -0.2) is 52.4 Å². The number of fused-ring (bicyclic) bond motifs is 1. The molecular weight excluding hydrogens is 280 g/mol. The van der Waals surface area contributed by atoms with Gasteiger partial charge in [0.15, 0.2) is 5.76 Å². The molecule has 2 aromatic rings. The van der Waals surface area contributed by atoms with Crippen LogP contribution < -0.4 is 0 Å². The quantitative estimate of drug-likeness (QED) is 0.864. The fraction of sp³-hybridized carbons (Fsp3) is 0.500. The van der Waals surface area contributed by atoms with E-state index in [2.05, 4.69) is 28.5 Å². The Morgan fingerprint density at radius 1 is 1.45 bits per heavy atom. The minimum absolute atomic E-state index is 0.0530. The fourth-order valence-electron chi connectivity index (χ4n) is 3.06. The highest BCUT2D eigenvalue weighted by atomic mass is 16.3. The molecular formula is C16H22N4O2. The molecule has 22 heavy (non-hydrogen) atoms. The average molecular weight is 302 g/mol. The molecule has 1 amide bonds. The Labute approximate surface area is 130 Å². The molecule has 0 fully saturated rings. The molecule has 2 aromatic heterocycles. The summed E-state index contributed by atoms with van der Waals surface area (Å²) in [6, 6.07) is 1.82. The maximum atomic E-state index is 12.8. The van der Waals surface area contributed by atoms with E-state index in [1.165, 1.54) is 0 Å². The maximum absolute atomic E-state index is 12.8. The third kappa shape index (κ3) is 2.92. The van der Waals surface area contributed by atoms with Gasteiger partial charge in [-0.15, -0.1) is 0 Å². The molecule has 6 nitrogen and oxygen atoms in total. The number of carbonyl (C=O) groups excluding carboxylic acids is 1. The highest BCUT2D eigenvalue weighted by Gasteiger charge is 2.28. The molecule has 0 saturated heterocycles. The van der Waals surface area contributed by atoms with Gasteiger partial charge in [-0.1, -0.05) is 0 Å². The van der Waals surface area contributed by atoms with Gasteiger partial charge >= 0.3 is 0 Å². The summed E-state index contributed by atoms with van der Waals surface area (Å²) in [6.07, 6.45) is 5.36. The second-order valence-corrected chi connectivity index (χ2v) is 6.24. The molecule has 118 valence electrons. The van der Waals surface area contributed by atoms with E-state index in [1.54, 1.807) is 12.5 Å². The summed E-state index contributed by atoms with van der Waals surface area (Å²) in [6.45, 7) is 4.94. The number of hydrogen-bond donors (Lipinski definition) is 0. The maximum Gasteiger partial charge on any atom is 0.290 e. The summed E-state index contributed by atoms with van der Waals surface area (Å²) < 4.78 is 7.53. The first-order valence-electron chi connectivity index (χ1n) is 7.52. The van der Waals surface area contributed by atoms with Gasteiger partial charge in [-0.2, -0.15) is 0 Å². The summed E-state index contributed by atoms with van der Waals surface area (Å²) in [5.41, 5.74) is 0.877. The van der Waals surface area contributed by atoms with Crippen LogP contribution in [0.2, 0.25) is 0 Å². The minimum Gasteiger partial charge on any atom is -0.459 e. The van der Waals surface area contributed by atoms with Gasteiger partial charge < -0.3 is 18.8 Å². The van der Waals surface area contributed by atoms with Crippen molar-refractivity contribution < 1.29 is 9.21 Å². The first kappa shape index (κ1) is 14.8. The number of aryl methyl sites for hydroxylation is 1. The standard InChI is InChI=1S/C16H22N4O2/c1-12-4-7-22-15(12)16(21)20-10-13(8-18(2)3)9-19-6-5-17-14(19)11-20/h4-7,13H,8-11H2,1-3H3. The highest BCUT2D eigenvalue weighted by Crippen LogP contribution is 2.20. The van der Waals surface area contributed by atoms with E-state index in [0.29, 0.717) is 24.8 Å². The number of rotatable bonds is 3. The van der Waals surface area contributed by atoms with Crippen LogP contribution >= 0.6 is 0 Å². The van der Waals surface area contributed by atoms with E-state index >= 15 is 0 Å². The lowest BCUT2D eigenvalue weighted by atomic mass is 10.1. The highest BCUT2D eigenvalue weighted by molar-refractivity contribution is 5.92. The number of hydrogen-bond acceptors (Lipinski definition) is 4. The van der Waals surface area contributed by atoms with Crippen LogP contribution in [0.1, 0.15) is 21.9 Å². The number of furan rings is 1. The van der Waals surface area contributed by atoms with Crippen molar-refractivity contribution in [1.82, 2.24) is 19.4 Å². The lowest BCUT2D eigenvalue weighted by molar-refractivity contribution is 0.0677. The van der Waals surface area contributed by atoms with Crippen LogP contribution in [0.25, 0.3) is 0 Å². The van der Waals surface area contributed by atoms with Gasteiger partial charge in [0.1, 0.15) is 5.82 Å². The van der Waals surface area contributed by atoms with Crippen LogP contribution in [0.15, 0.2) is 29.1 Å². The second kappa shape index (κ2) is 5.96. The van der Waals surface area contributed by atoms with Gasteiger partial charge in [0, 0.05) is 43.5 Å². The molecule has 3 heterocycles.